The molecule has 1 unspecified atom stereocenters. The van der Waals surface area contributed by atoms with Crippen LogP contribution in [0.1, 0.15) is 48.3 Å². The van der Waals surface area contributed by atoms with Crippen molar-refractivity contribution in [1.29, 1.82) is 5.41 Å². The molecule has 6 N–H and O–H groups in total. The first kappa shape index (κ1) is 27.8. The Morgan fingerprint density at radius 3 is 2.29 bits per heavy atom. The van der Waals surface area contributed by atoms with Gasteiger partial charge in [0.05, 0.1) is 18.3 Å². The number of rotatable bonds is 10. The molecule has 1 aromatic heterocycles. The van der Waals surface area contributed by atoms with Crippen molar-refractivity contribution >= 4 is 23.3 Å². The number of nitrogens with one attached hydrogen (secondary N) is 4. The predicted octanol–water partition coefficient (Wildman–Crippen LogP) is 2.47. The number of hydrogen-bond acceptors (Lipinski definition) is 7. The molecule has 0 radical (unpaired) electrons. The molecule has 3 rings (SSSR count). The van der Waals surface area contributed by atoms with E-state index in [0.717, 1.165) is 0 Å². The Kier molecular flexibility index (Phi) is 9.09. The Morgan fingerprint density at radius 1 is 1.00 bits per heavy atom. The van der Waals surface area contributed by atoms with Gasteiger partial charge in [-0.1, -0.05) is 6.07 Å². The molecule has 200 valence electrons. The summed E-state index contributed by atoms with van der Waals surface area (Å²) in [5.41, 5.74) is 12.0. The van der Waals surface area contributed by atoms with Gasteiger partial charge in [-0.2, -0.15) is 0 Å². The normalized spacial score (nSPS) is 11.4. The summed E-state index contributed by atoms with van der Waals surface area (Å²) in [7, 11) is 1.53. The lowest BCUT2D eigenvalue weighted by atomic mass is 10.0. The predicted molar refractivity (Wildman–Crippen MR) is 144 cm³/mol. The maximum Gasteiger partial charge on any atom is 0.271 e. The molecule has 1 heterocycles. The minimum Gasteiger partial charge on any atom is -0.490 e. The number of carbonyl (C=O) groups is 2. The molecule has 0 fully saturated rings. The van der Waals surface area contributed by atoms with Crippen molar-refractivity contribution in [1.82, 2.24) is 15.4 Å². The van der Waals surface area contributed by atoms with E-state index in [2.05, 4.69) is 16.2 Å². The number of nitrogens with two attached hydrogens (primary N) is 1. The molecule has 0 aliphatic carbocycles. The fourth-order valence-corrected chi connectivity index (χ4v) is 3.53. The molecular formula is C27H32N6O5. The van der Waals surface area contributed by atoms with Gasteiger partial charge in [-0.25, -0.2) is 0 Å². The number of amidine groups is 1. The van der Waals surface area contributed by atoms with Crippen molar-refractivity contribution in [3.05, 3.63) is 87.8 Å². The van der Waals surface area contributed by atoms with E-state index in [4.69, 9.17) is 20.6 Å². The molecule has 3 aromatic rings. The topological polar surface area (TPSA) is 161 Å². The van der Waals surface area contributed by atoms with Gasteiger partial charge in [0.1, 0.15) is 11.9 Å². The van der Waals surface area contributed by atoms with E-state index in [1.807, 2.05) is 20.8 Å². The third kappa shape index (κ3) is 7.12. The number of ether oxygens (including phenoxy) is 2. The number of hydrogen-bond donors (Lipinski definition) is 5. The molecule has 0 bridgehead atoms. The van der Waals surface area contributed by atoms with E-state index >= 15 is 0 Å². The van der Waals surface area contributed by atoms with Crippen LogP contribution >= 0.6 is 0 Å². The van der Waals surface area contributed by atoms with Gasteiger partial charge in [-0.05, 0) is 68.8 Å². The van der Waals surface area contributed by atoms with Crippen molar-refractivity contribution in [2.75, 3.05) is 11.9 Å². The fourth-order valence-electron chi connectivity index (χ4n) is 3.53. The monoisotopic (exact) mass is 520 g/mol. The molecule has 1 atom stereocenters. The first-order chi connectivity index (χ1) is 18.1. The van der Waals surface area contributed by atoms with Crippen molar-refractivity contribution in [3.8, 4) is 11.5 Å². The number of aromatic nitrogens is 1. The number of nitrogen functional groups attached to an aromatic ring is 1. The summed E-state index contributed by atoms with van der Waals surface area (Å²) in [6.07, 6.45) is 1.29. The Balaban J connectivity index is 1.89. The minimum absolute atomic E-state index is 0.0749. The Bertz CT molecular complexity index is 1370. The Hall–Kier alpha value is -4.80. The highest BCUT2D eigenvalue weighted by Crippen LogP contribution is 2.32. The molecule has 11 heteroatoms. The minimum atomic E-state index is -0.953. The average molecular weight is 521 g/mol. The van der Waals surface area contributed by atoms with Crippen LogP contribution in [0.25, 0.3) is 0 Å². The van der Waals surface area contributed by atoms with Crippen molar-refractivity contribution in [2.24, 2.45) is 12.8 Å². The third-order valence-corrected chi connectivity index (χ3v) is 5.38. The molecule has 0 aliphatic heterocycles. The maximum atomic E-state index is 13.3. The van der Waals surface area contributed by atoms with Gasteiger partial charge >= 0.3 is 0 Å². The Labute approximate surface area is 220 Å². The summed E-state index contributed by atoms with van der Waals surface area (Å²) in [6.45, 7) is 6.04. The number of aryl methyl sites for hydroxylation is 1. The summed E-state index contributed by atoms with van der Waals surface area (Å²) in [4.78, 5) is 37.5. The molecule has 2 aromatic carbocycles. The molecule has 0 spiro atoms. The second-order valence-corrected chi connectivity index (χ2v) is 8.68. The zero-order valence-corrected chi connectivity index (χ0v) is 21.7. The molecule has 11 nitrogen and oxygen atoms in total. The molecule has 2 amide bonds. The van der Waals surface area contributed by atoms with Gasteiger partial charge in [0.25, 0.3) is 11.8 Å². The van der Waals surface area contributed by atoms with Crippen LogP contribution < -0.4 is 36.9 Å². The number of benzene rings is 2. The average Bonchev–Trinajstić information content (AvgIpc) is 2.88. The number of nitrogens with zero attached hydrogens (tertiary/aromatic N) is 1. The highest BCUT2D eigenvalue weighted by Gasteiger charge is 2.24. The van der Waals surface area contributed by atoms with Crippen molar-refractivity contribution in [3.63, 3.8) is 0 Å². The molecule has 38 heavy (non-hydrogen) atoms. The number of hydrazine groups is 1. The summed E-state index contributed by atoms with van der Waals surface area (Å²) < 4.78 is 12.9. The third-order valence-electron chi connectivity index (χ3n) is 5.38. The summed E-state index contributed by atoms with van der Waals surface area (Å²) in [6, 6.07) is 13.6. The van der Waals surface area contributed by atoms with Crippen LogP contribution in [-0.2, 0) is 11.8 Å². The van der Waals surface area contributed by atoms with Gasteiger partial charge in [0, 0.05) is 30.6 Å². The van der Waals surface area contributed by atoms with Crippen LogP contribution in [0.2, 0.25) is 0 Å². The SMILES string of the molecule is CCOc1cc(C(Nc2ccc(C(=N)N)cc2)C(=O)NNC(=O)c2ccc(=O)n(C)c2)ccc1OC(C)C. The highest BCUT2D eigenvalue weighted by atomic mass is 16.5. The van der Waals surface area contributed by atoms with Crippen LogP contribution in [0.15, 0.2) is 65.6 Å². The summed E-state index contributed by atoms with van der Waals surface area (Å²) >= 11 is 0. The van der Waals surface area contributed by atoms with Crippen LogP contribution in [0.4, 0.5) is 5.69 Å². The molecule has 0 saturated heterocycles. The van der Waals surface area contributed by atoms with Gasteiger partial charge < -0.3 is 25.1 Å². The van der Waals surface area contributed by atoms with Gasteiger partial charge in [0.15, 0.2) is 11.5 Å². The van der Waals surface area contributed by atoms with Crippen LogP contribution in [-0.4, -0.2) is 34.9 Å². The smallest absolute Gasteiger partial charge is 0.271 e. The quantitative estimate of drug-likeness (QED) is 0.156. The number of carbonyl (C=O) groups excluding carboxylic acids is 2. The van der Waals surface area contributed by atoms with E-state index in [9.17, 15) is 14.4 Å². The van der Waals surface area contributed by atoms with Gasteiger partial charge in [0.2, 0.25) is 5.56 Å². The van der Waals surface area contributed by atoms with E-state index in [1.165, 1.54) is 29.9 Å². The molecular weight excluding hydrogens is 488 g/mol. The van der Waals surface area contributed by atoms with Crippen LogP contribution in [0, 0.1) is 5.41 Å². The fraction of sp³-hybridized carbons (Fsp3) is 0.259. The second kappa shape index (κ2) is 12.4. The number of anilines is 1. The first-order valence-electron chi connectivity index (χ1n) is 12.0. The van der Waals surface area contributed by atoms with Crippen LogP contribution in [0.3, 0.4) is 0 Å². The van der Waals surface area contributed by atoms with Gasteiger partial charge in [-0.3, -0.25) is 30.6 Å². The number of amides is 2. The van der Waals surface area contributed by atoms with Crippen LogP contribution in [0.5, 0.6) is 11.5 Å². The highest BCUT2D eigenvalue weighted by molar-refractivity contribution is 5.96. The van der Waals surface area contributed by atoms with Gasteiger partial charge in [-0.15, -0.1) is 0 Å². The molecule has 0 aliphatic rings. The first-order valence-corrected chi connectivity index (χ1v) is 12.0. The second-order valence-electron chi connectivity index (χ2n) is 8.68. The number of pyridine rings is 1. The zero-order chi connectivity index (χ0) is 27.8. The summed E-state index contributed by atoms with van der Waals surface area (Å²) in [5.74, 6) is -0.208. The standard InChI is InChI=1S/C27H32N6O5/c1-5-37-22-14-18(8-12-21(22)38-16(2)3)24(30-20-10-6-17(7-11-20)25(28)29)27(36)32-31-26(35)19-9-13-23(34)33(4)15-19/h6-16,24,30H,5H2,1-4H3,(H3,28,29)(H,31,35)(H,32,36). The lowest BCUT2D eigenvalue weighted by Gasteiger charge is -2.22. The van der Waals surface area contributed by atoms with E-state index in [0.29, 0.717) is 34.9 Å². The zero-order valence-electron chi connectivity index (χ0n) is 21.7. The summed E-state index contributed by atoms with van der Waals surface area (Å²) in [5, 5.41) is 10.7. The lowest BCUT2D eigenvalue weighted by Crippen LogP contribution is -2.45. The van der Waals surface area contributed by atoms with Crippen molar-refractivity contribution < 1.29 is 19.1 Å². The van der Waals surface area contributed by atoms with E-state index in [-0.39, 0.29) is 23.1 Å². The largest absolute Gasteiger partial charge is 0.490 e. The Morgan fingerprint density at radius 2 is 1.68 bits per heavy atom. The lowest BCUT2D eigenvalue weighted by molar-refractivity contribution is -0.122. The maximum absolute atomic E-state index is 13.3. The van der Waals surface area contributed by atoms with E-state index in [1.54, 1.807) is 42.5 Å². The molecule has 0 saturated carbocycles. The van der Waals surface area contributed by atoms with Crippen molar-refractivity contribution in [2.45, 2.75) is 32.9 Å². The van der Waals surface area contributed by atoms with E-state index < -0.39 is 17.9 Å².